The smallest absolute Gasteiger partial charge is 0.258 e. The fourth-order valence-corrected chi connectivity index (χ4v) is 1.34. The predicted molar refractivity (Wildman–Crippen MR) is 58.0 cm³/mol. The first kappa shape index (κ1) is 10.7. The van der Waals surface area contributed by atoms with Crippen molar-refractivity contribution in [2.24, 2.45) is 4.99 Å². The molecule has 1 heterocycles. The van der Waals surface area contributed by atoms with Crippen molar-refractivity contribution in [1.29, 1.82) is 0 Å². The molecular formula is C10H6N4O3. The van der Waals surface area contributed by atoms with Gasteiger partial charge in [0, 0.05) is 0 Å². The van der Waals surface area contributed by atoms with E-state index in [9.17, 15) is 14.9 Å². The number of aliphatic imine (C=N–C) groups is 1. The Bertz CT molecular complexity index is 614. The maximum atomic E-state index is 10.5. The number of nitrogens with zero attached hydrogens (tertiary/aromatic N) is 4. The van der Waals surface area contributed by atoms with E-state index in [1.165, 1.54) is 17.0 Å². The van der Waals surface area contributed by atoms with Gasteiger partial charge in [0.25, 0.3) is 0 Å². The maximum Gasteiger partial charge on any atom is 0.307 e. The molecule has 2 rings (SSSR count). The molecule has 0 saturated heterocycles. The third-order valence-electron chi connectivity index (χ3n) is 2.07. The van der Waals surface area contributed by atoms with Crippen LogP contribution in [0, 0.1) is 10.1 Å². The van der Waals surface area contributed by atoms with Crippen molar-refractivity contribution < 1.29 is 9.72 Å². The lowest BCUT2D eigenvalue weighted by Gasteiger charge is -2.02. The van der Waals surface area contributed by atoms with E-state index in [4.69, 9.17) is 0 Å². The number of benzene rings is 1. The number of aromatic nitrogens is 2. The number of nitro groups is 1. The standard InChI is InChI=1S/C10H6N4O3/c15-7-11-9-3-1-2-4-10(9)13-6-8(5-12-13)14(16)17/h1-6H. The fourth-order valence-electron chi connectivity index (χ4n) is 1.34. The van der Waals surface area contributed by atoms with Crippen molar-refractivity contribution in [2.75, 3.05) is 0 Å². The number of hydrogen-bond donors (Lipinski definition) is 0. The number of hydrogen-bond acceptors (Lipinski definition) is 5. The molecule has 0 spiro atoms. The van der Waals surface area contributed by atoms with Crippen LogP contribution in [0.25, 0.3) is 5.69 Å². The minimum atomic E-state index is -0.547. The molecule has 7 nitrogen and oxygen atoms in total. The minimum absolute atomic E-state index is 0.130. The second-order valence-corrected chi connectivity index (χ2v) is 3.09. The average molecular weight is 230 g/mol. The summed E-state index contributed by atoms with van der Waals surface area (Å²) >= 11 is 0. The zero-order valence-electron chi connectivity index (χ0n) is 8.48. The Kier molecular flexibility index (Phi) is 2.76. The van der Waals surface area contributed by atoms with E-state index in [1.807, 2.05) is 0 Å². The quantitative estimate of drug-likeness (QED) is 0.347. The van der Waals surface area contributed by atoms with E-state index in [2.05, 4.69) is 10.1 Å². The Morgan fingerprint density at radius 3 is 2.82 bits per heavy atom. The maximum absolute atomic E-state index is 10.5. The summed E-state index contributed by atoms with van der Waals surface area (Å²) in [4.78, 5) is 23.7. The summed E-state index contributed by atoms with van der Waals surface area (Å²) in [6.07, 6.45) is 3.80. The van der Waals surface area contributed by atoms with Gasteiger partial charge in [-0.25, -0.2) is 9.48 Å². The largest absolute Gasteiger partial charge is 0.307 e. The molecule has 1 aromatic heterocycles. The van der Waals surface area contributed by atoms with Gasteiger partial charge in [-0.2, -0.15) is 10.1 Å². The monoisotopic (exact) mass is 230 g/mol. The van der Waals surface area contributed by atoms with Crippen molar-refractivity contribution in [3.8, 4) is 5.69 Å². The molecule has 17 heavy (non-hydrogen) atoms. The second kappa shape index (κ2) is 4.38. The lowest BCUT2D eigenvalue weighted by molar-refractivity contribution is -0.384. The third kappa shape index (κ3) is 2.09. The summed E-state index contributed by atoms with van der Waals surface area (Å²) in [7, 11) is 0. The molecule has 2 aromatic rings. The van der Waals surface area contributed by atoms with Crippen LogP contribution in [0.3, 0.4) is 0 Å². The lowest BCUT2D eigenvalue weighted by atomic mass is 10.3. The van der Waals surface area contributed by atoms with Gasteiger partial charge < -0.3 is 0 Å². The minimum Gasteiger partial charge on any atom is -0.258 e. The zero-order chi connectivity index (χ0) is 12.3. The molecule has 0 N–H and O–H groups in total. The molecule has 0 radical (unpaired) electrons. The van der Waals surface area contributed by atoms with Crippen LogP contribution in [0.5, 0.6) is 0 Å². The SMILES string of the molecule is O=C=Nc1ccccc1-n1cc([N+](=O)[O-])cn1. The van der Waals surface area contributed by atoms with E-state index < -0.39 is 4.92 Å². The molecule has 0 aliphatic rings. The van der Waals surface area contributed by atoms with Crippen LogP contribution in [0.2, 0.25) is 0 Å². The van der Waals surface area contributed by atoms with Gasteiger partial charge in [-0.15, -0.1) is 0 Å². The summed E-state index contributed by atoms with van der Waals surface area (Å²) in [5, 5.41) is 14.4. The molecular weight excluding hydrogens is 224 g/mol. The molecule has 7 heteroatoms. The molecule has 0 saturated carbocycles. The highest BCUT2D eigenvalue weighted by Crippen LogP contribution is 2.23. The summed E-state index contributed by atoms with van der Waals surface area (Å²) in [5.74, 6) is 0. The van der Waals surface area contributed by atoms with E-state index in [-0.39, 0.29) is 5.69 Å². The second-order valence-electron chi connectivity index (χ2n) is 3.09. The molecule has 84 valence electrons. The first-order valence-electron chi connectivity index (χ1n) is 4.58. The summed E-state index contributed by atoms with van der Waals surface area (Å²) in [6, 6.07) is 6.64. The van der Waals surface area contributed by atoms with Crippen molar-refractivity contribution in [3.05, 3.63) is 46.8 Å². The Morgan fingerprint density at radius 2 is 2.18 bits per heavy atom. The van der Waals surface area contributed by atoms with Gasteiger partial charge in [-0.1, -0.05) is 12.1 Å². The van der Waals surface area contributed by atoms with Crippen LogP contribution in [-0.2, 0) is 4.79 Å². The van der Waals surface area contributed by atoms with Crippen LogP contribution in [0.15, 0.2) is 41.7 Å². The van der Waals surface area contributed by atoms with Crippen molar-refractivity contribution in [1.82, 2.24) is 9.78 Å². The van der Waals surface area contributed by atoms with Gasteiger partial charge in [-0.3, -0.25) is 10.1 Å². The summed E-state index contributed by atoms with van der Waals surface area (Å²) in [5.41, 5.74) is 0.694. The topological polar surface area (TPSA) is 90.4 Å². The molecule has 0 bridgehead atoms. The molecule has 0 fully saturated rings. The molecule has 1 aromatic carbocycles. The van der Waals surface area contributed by atoms with Gasteiger partial charge in [0.15, 0.2) is 0 Å². The van der Waals surface area contributed by atoms with E-state index in [1.54, 1.807) is 24.3 Å². The Morgan fingerprint density at radius 1 is 1.41 bits per heavy atom. The van der Waals surface area contributed by atoms with Crippen molar-refractivity contribution >= 4 is 17.5 Å². The fraction of sp³-hybridized carbons (Fsp3) is 0. The van der Waals surface area contributed by atoms with Gasteiger partial charge in [0.05, 0.1) is 10.6 Å². The van der Waals surface area contributed by atoms with E-state index in [0.29, 0.717) is 11.4 Å². The highest BCUT2D eigenvalue weighted by molar-refractivity contribution is 5.61. The number of rotatable bonds is 3. The first-order valence-corrected chi connectivity index (χ1v) is 4.58. The van der Waals surface area contributed by atoms with Crippen LogP contribution in [0.1, 0.15) is 0 Å². The Hall–Kier alpha value is -2.79. The van der Waals surface area contributed by atoms with Crippen LogP contribution in [0.4, 0.5) is 11.4 Å². The number of isocyanates is 1. The first-order chi connectivity index (χ1) is 8.22. The van der Waals surface area contributed by atoms with Crippen LogP contribution >= 0.6 is 0 Å². The van der Waals surface area contributed by atoms with Crippen molar-refractivity contribution in [2.45, 2.75) is 0 Å². The predicted octanol–water partition coefficient (Wildman–Crippen LogP) is 1.75. The summed E-state index contributed by atoms with van der Waals surface area (Å²) < 4.78 is 1.29. The molecule has 0 aliphatic heterocycles. The Labute approximate surface area is 95.2 Å². The highest BCUT2D eigenvalue weighted by Gasteiger charge is 2.11. The van der Waals surface area contributed by atoms with Gasteiger partial charge in [0.1, 0.15) is 18.1 Å². The number of carbonyl (C=O) groups excluding carboxylic acids is 1. The molecule has 0 unspecified atom stereocenters. The van der Waals surface area contributed by atoms with E-state index in [0.717, 1.165) is 6.20 Å². The van der Waals surface area contributed by atoms with Gasteiger partial charge >= 0.3 is 5.69 Å². The van der Waals surface area contributed by atoms with Crippen LogP contribution in [-0.4, -0.2) is 20.8 Å². The number of para-hydroxylation sites is 2. The zero-order valence-corrected chi connectivity index (χ0v) is 8.48. The molecule has 0 atom stereocenters. The molecule has 0 aliphatic carbocycles. The normalized spacial score (nSPS) is 9.65. The van der Waals surface area contributed by atoms with Crippen LogP contribution < -0.4 is 0 Å². The highest BCUT2D eigenvalue weighted by atomic mass is 16.6. The summed E-state index contributed by atoms with van der Waals surface area (Å²) in [6.45, 7) is 0. The molecule has 0 amide bonds. The van der Waals surface area contributed by atoms with Crippen molar-refractivity contribution in [3.63, 3.8) is 0 Å². The third-order valence-corrected chi connectivity index (χ3v) is 2.07. The Balaban J connectivity index is 2.52. The lowest BCUT2D eigenvalue weighted by Crippen LogP contribution is -1.94. The van der Waals surface area contributed by atoms with Gasteiger partial charge in [0.2, 0.25) is 6.08 Å². The van der Waals surface area contributed by atoms with E-state index >= 15 is 0 Å². The van der Waals surface area contributed by atoms with Gasteiger partial charge in [-0.05, 0) is 12.1 Å². The average Bonchev–Trinajstić information content (AvgIpc) is 2.79.